The zero-order valence-electron chi connectivity index (χ0n) is 12.3. The quantitative estimate of drug-likeness (QED) is 0.881. The van der Waals surface area contributed by atoms with Crippen molar-refractivity contribution in [3.05, 3.63) is 23.5 Å². The van der Waals surface area contributed by atoms with Crippen molar-refractivity contribution in [1.29, 1.82) is 0 Å². The Labute approximate surface area is 116 Å². The Bertz CT molecular complexity index is 402. The molecule has 1 saturated heterocycles. The maximum Gasteiger partial charge on any atom is 0.122 e. The van der Waals surface area contributed by atoms with E-state index >= 15 is 0 Å². The highest BCUT2D eigenvalue weighted by molar-refractivity contribution is 5.26. The number of pyridine rings is 1. The Kier molecular flexibility index (Phi) is 5.16. The number of aryl methyl sites for hydroxylation is 1. The number of rotatable bonds is 5. The zero-order valence-corrected chi connectivity index (χ0v) is 12.3. The fraction of sp³-hybridized carbons (Fsp3) is 0.667. The van der Waals surface area contributed by atoms with Gasteiger partial charge in [-0.25, -0.2) is 0 Å². The van der Waals surface area contributed by atoms with Gasteiger partial charge in [0, 0.05) is 30.4 Å². The van der Waals surface area contributed by atoms with Crippen LogP contribution in [0, 0.1) is 6.92 Å². The zero-order chi connectivity index (χ0) is 13.7. The Morgan fingerprint density at radius 3 is 2.74 bits per heavy atom. The van der Waals surface area contributed by atoms with Gasteiger partial charge in [0.1, 0.15) is 5.75 Å². The van der Waals surface area contributed by atoms with Crippen molar-refractivity contribution < 1.29 is 4.74 Å². The molecule has 1 aromatic heterocycles. The largest absolute Gasteiger partial charge is 0.497 e. The molecule has 0 aliphatic carbocycles. The summed E-state index contributed by atoms with van der Waals surface area (Å²) in [4.78, 5) is 7.16. The lowest BCUT2D eigenvalue weighted by atomic mass is 10.0. The molecule has 4 nitrogen and oxygen atoms in total. The van der Waals surface area contributed by atoms with Gasteiger partial charge in [0.2, 0.25) is 0 Å². The second kappa shape index (κ2) is 6.87. The lowest BCUT2D eigenvalue weighted by Crippen LogP contribution is -2.42. The minimum absolute atomic E-state index is 0.680. The lowest BCUT2D eigenvalue weighted by Gasteiger charge is -2.33. The number of nitrogens with one attached hydrogen (secondary N) is 1. The lowest BCUT2D eigenvalue weighted by molar-refractivity contribution is 0.160. The summed E-state index contributed by atoms with van der Waals surface area (Å²) in [7, 11) is 1.71. The summed E-state index contributed by atoms with van der Waals surface area (Å²) in [5, 5.41) is 3.42. The minimum Gasteiger partial charge on any atom is -0.497 e. The topological polar surface area (TPSA) is 37.4 Å². The van der Waals surface area contributed by atoms with E-state index in [0.717, 1.165) is 43.3 Å². The van der Waals surface area contributed by atoms with Gasteiger partial charge in [0.05, 0.1) is 12.8 Å². The highest BCUT2D eigenvalue weighted by Crippen LogP contribution is 2.18. The van der Waals surface area contributed by atoms with Gasteiger partial charge in [0.15, 0.2) is 0 Å². The Hall–Kier alpha value is -1.13. The van der Waals surface area contributed by atoms with Crippen LogP contribution in [-0.2, 0) is 6.54 Å². The third-order valence-electron chi connectivity index (χ3n) is 3.81. The average molecular weight is 263 g/mol. The van der Waals surface area contributed by atoms with E-state index < -0.39 is 0 Å². The van der Waals surface area contributed by atoms with E-state index in [1.54, 1.807) is 7.11 Å². The molecule has 0 saturated carbocycles. The van der Waals surface area contributed by atoms with Crippen LogP contribution in [0.2, 0.25) is 0 Å². The van der Waals surface area contributed by atoms with Gasteiger partial charge < -0.3 is 10.1 Å². The molecule has 1 aromatic rings. The molecule has 0 radical (unpaired) electrons. The van der Waals surface area contributed by atoms with E-state index in [-0.39, 0.29) is 0 Å². The van der Waals surface area contributed by atoms with Crippen LogP contribution in [0.5, 0.6) is 5.75 Å². The van der Waals surface area contributed by atoms with Crippen molar-refractivity contribution in [2.45, 2.75) is 39.3 Å². The Morgan fingerprint density at radius 2 is 2.11 bits per heavy atom. The molecule has 0 atom stereocenters. The summed E-state index contributed by atoms with van der Waals surface area (Å²) >= 11 is 0. The number of nitrogens with zero attached hydrogens (tertiary/aromatic N) is 2. The number of ether oxygens (including phenoxy) is 1. The Balaban J connectivity index is 2.06. The van der Waals surface area contributed by atoms with Crippen LogP contribution in [-0.4, -0.2) is 42.7 Å². The number of aromatic nitrogens is 1. The maximum absolute atomic E-state index is 5.33. The van der Waals surface area contributed by atoms with Crippen LogP contribution in [0.15, 0.2) is 12.1 Å². The van der Waals surface area contributed by atoms with E-state index in [1.807, 2.05) is 13.0 Å². The summed E-state index contributed by atoms with van der Waals surface area (Å²) in [5.41, 5.74) is 2.13. The molecule has 19 heavy (non-hydrogen) atoms. The Morgan fingerprint density at radius 1 is 1.37 bits per heavy atom. The molecule has 0 spiro atoms. The van der Waals surface area contributed by atoms with Crippen molar-refractivity contribution in [2.24, 2.45) is 0 Å². The number of methoxy groups -OCH3 is 1. The second-order valence-corrected chi connectivity index (χ2v) is 5.18. The van der Waals surface area contributed by atoms with Gasteiger partial charge >= 0.3 is 0 Å². The molecule has 0 bridgehead atoms. The van der Waals surface area contributed by atoms with E-state index in [1.165, 1.54) is 12.8 Å². The second-order valence-electron chi connectivity index (χ2n) is 5.18. The SMILES string of the molecule is CCN(Cc1cc(OC)cc(C)n1)C1CCNCC1. The molecule has 106 valence electrons. The van der Waals surface area contributed by atoms with Gasteiger partial charge in [-0.2, -0.15) is 0 Å². The first kappa shape index (κ1) is 14.3. The van der Waals surface area contributed by atoms with E-state index in [2.05, 4.69) is 28.2 Å². The van der Waals surface area contributed by atoms with Crippen molar-refractivity contribution in [3.63, 3.8) is 0 Å². The molecule has 4 heteroatoms. The van der Waals surface area contributed by atoms with Crippen LogP contribution in [0.25, 0.3) is 0 Å². The third kappa shape index (κ3) is 3.91. The number of hydrogen-bond acceptors (Lipinski definition) is 4. The molecule has 2 heterocycles. The van der Waals surface area contributed by atoms with E-state index in [4.69, 9.17) is 4.74 Å². The molecular formula is C15H25N3O. The molecule has 2 rings (SSSR count). The van der Waals surface area contributed by atoms with Gasteiger partial charge in [-0.05, 0) is 39.4 Å². The van der Waals surface area contributed by atoms with Gasteiger partial charge in [0.25, 0.3) is 0 Å². The molecular weight excluding hydrogens is 238 g/mol. The van der Waals surface area contributed by atoms with Gasteiger partial charge in [-0.1, -0.05) is 6.92 Å². The van der Waals surface area contributed by atoms with Crippen LogP contribution in [0.3, 0.4) is 0 Å². The monoisotopic (exact) mass is 263 g/mol. The number of piperidine rings is 1. The summed E-state index contributed by atoms with van der Waals surface area (Å²) in [5.74, 6) is 0.906. The standard InChI is InChI=1S/C15H25N3O/c1-4-18(14-5-7-16-8-6-14)11-13-10-15(19-3)9-12(2)17-13/h9-10,14,16H,4-8,11H2,1-3H3. The molecule has 1 aliphatic heterocycles. The normalized spacial score (nSPS) is 16.8. The molecule has 0 aromatic carbocycles. The highest BCUT2D eigenvalue weighted by Gasteiger charge is 2.20. The fourth-order valence-electron chi connectivity index (χ4n) is 2.78. The predicted molar refractivity (Wildman–Crippen MR) is 77.5 cm³/mol. The first-order chi connectivity index (χ1) is 9.22. The maximum atomic E-state index is 5.33. The molecule has 1 N–H and O–H groups in total. The minimum atomic E-state index is 0.680. The molecule has 1 aliphatic rings. The molecule has 0 amide bonds. The van der Waals surface area contributed by atoms with Crippen molar-refractivity contribution in [2.75, 3.05) is 26.7 Å². The fourth-order valence-corrected chi connectivity index (χ4v) is 2.78. The summed E-state index contributed by atoms with van der Waals surface area (Å²) in [6.45, 7) is 8.50. The van der Waals surface area contributed by atoms with Crippen molar-refractivity contribution >= 4 is 0 Å². The van der Waals surface area contributed by atoms with Crippen LogP contribution < -0.4 is 10.1 Å². The van der Waals surface area contributed by atoms with E-state index in [0.29, 0.717) is 6.04 Å². The van der Waals surface area contributed by atoms with Crippen LogP contribution in [0.4, 0.5) is 0 Å². The van der Waals surface area contributed by atoms with Crippen LogP contribution in [0.1, 0.15) is 31.2 Å². The summed E-state index contributed by atoms with van der Waals surface area (Å²) in [6, 6.07) is 4.71. The van der Waals surface area contributed by atoms with Crippen molar-refractivity contribution in [1.82, 2.24) is 15.2 Å². The predicted octanol–water partition coefficient (Wildman–Crippen LogP) is 1.97. The first-order valence-electron chi connectivity index (χ1n) is 7.19. The smallest absolute Gasteiger partial charge is 0.122 e. The first-order valence-corrected chi connectivity index (χ1v) is 7.19. The summed E-state index contributed by atoms with van der Waals surface area (Å²) in [6.07, 6.45) is 2.47. The molecule has 1 fully saturated rings. The average Bonchev–Trinajstić information content (AvgIpc) is 2.45. The van der Waals surface area contributed by atoms with Crippen molar-refractivity contribution in [3.8, 4) is 5.75 Å². The molecule has 0 unspecified atom stereocenters. The third-order valence-corrected chi connectivity index (χ3v) is 3.81. The van der Waals surface area contributed by atoms with Crippen LogP contribution >= 0.6 is 0 Å². The van der Waals surface area contributed by atoms with E-state index in [9.17, 15) is 0 Å². The highest BCUT2D eigenvalue weighted by atomic mass is 16.5. The summed E-state index contributed by atoms with van der Waals surface area (Å²) < 4.78 is 5.33. The number of hydrogen-bond donors (Lipinski definition) is 1. The van der Waals surface area contributed by atoms with Gasteiger partial charge in [-0.3, -0.25) is 9.88 Å². The van der Waals surface area contributed by atoms with Gasteiger partial charge in [-0.15, -0.1) is 0 Å².